The molecule has 1 amide bonds. The minimum atomic E-state index is -0.404. The first-order chi connectivity index (χ1) is 10.6. The van der Waals surface area contributed by atoms with E-state index in [-0.39, 0.29) is 6.04 Å². The van der Waals surface area contributed by atoms with Gasteiger partial charge in [-0.05, 0) is 12.5 Å². The highest BCUT2D eigenvalue weighted by molar-refractivity contribution is 6.24. The average Bonchev–Trinajstić information content (AvgIpc) is 2.55. The molecule has 0 spiro atoms. The Morgan fingerprint density at radius 1 is 1.00 bits per heavy atom. The lowest BCUT2D eigenvalue weighted by molar-refractivity contribution is -0.497. The molecule has 2 rings (SSSR count). The molecule has 0 aromatic heterocycles. The van der Waals surface area contributed by atoms with Crippen LogP contribution in [0, 0.1) is 5.21 Å². The smallest absolute Gasteiger partial charge is 0.309 e. The van der Waals surface area contributed by atoms with E-state index in [0.717, 1.165) is 17.3 Å². The van der Waals surface area contributed by atoms with Crippen LogP contribution in [0.5, 0.6) is 0 Å². The Kier molecular flexibility index (Phi) is 5.31. The van der Waals surface area contributed by atoms with Crippen molar-refractivity contribution in [3.63, 3.8) is 0 Å². The SMILES string of the molecule is C[C@H](NC(=O)/C=[N+](\[O-])[C@H](C)c1ccccc1)c1ccccc1. The summed E-state index contributed by atoms with van der Waals surface area (Å²) >= 11 is 0. The van der Waals surface area contributed by atoms with Crippen molar-refractivity contribution in [2.24, 2.45) is 0 Å². The van der Waals surface area contributed by atoms with Crippen molar-refractivity contribution in [1.29, 1.82) is 0 Å². The van der Waals surface area contributed by atoms with Crippen molar-refractivity contribution in [3.05, 3.63) is 77.0 Å². The zero-order valence-electron chi connectivity index (χ0n) is 12.8. The largest absolute Gasteiger partial charge is 0.623 e. The summed E-state index contributed by atoms with van der Waals surface area (Å²) in [5, 5.41) is 14.9. The summed E-state index contributed by atoms with van der Waals surface area (Å²) in [5.74, 6) is -0.394. The van der Waals surface area contributed by atoms with Crippen molar-refractivity contribution in [2.75, 3.05) is 0 Å². The Labute approximate surface area is 130 Å². The molecule has 2 aromatic rings. The number of nitrogens with zero attached hydrogens (tertiary/aromatic N) is 1. The van der Waals surface area contributed by atoms with Crippen molar-refractivity contribution in [1.82, 2.24) is 5.32 Å². The average molecular weight is 296 g/mol. The van der Waals surface area contributed by atoms with Crippen LogP contribution in [-0.4, -0.2) is 16.9 Å². The molecule has 114 valence electrons. The van der Waals surface area contributed by atoms with Crippen LogP contribution in [0.3, 0.4) is 0 Å². The summed E-state index contributed by atoms with van der Waals surface area (Å²) in [6, 6.07) is 18.5. The van der Waals surface area contributed by atoms with E-state index in [9.17, 15) is 10.0 Å². The van der Waals surface area contributed by atoms with Gasteiger partial charge in [-0.25, -0.2) is 4.74 Å². The molecule has 4 heteroatoms. The van der Waals surface area contributed by atoms with Gasteiger partial charge in [-0.2, -0.15) is 0 Å². The normalized spacial score (nSPS) is 14.2. The molecule has 0 heterocycles. The molecule has 0 fully saturated rings. The van der Waals surface area contributed by atoms with Gasteiger partial charge in [0.05, 0.1) is 6.04 Å². The second-order valence-corrected chi connectivity index (χ2v) is 5.22. The standard InChI is InChI=1S/C18H20N2O2/c1-14(16-9-5-3-6-10-16)19-18(21)13-20(22)15(2)17-11-7-4-8-12-17/h3-15H,1-2H3,(H,19,21)/b20-13-/t14-,15+/m0/s1. The Balaban J connectivity index is 2.01. The lowest BCUT2D eigenvalue weighted by Gasteiger charge is -2.15. The first-order valence-corrected chi connectivity index (χ1v) is 7.28. The summed E-state index contributed by atoms with van der Waals surface area (Å²) in [4.78, 5) is 12.0. The van der Waals surface area contributed by atoms with Crippen LogP contribution < -0.4 is 5.32 Å². The molecule has 0 unspecified atom stereocenters. The first-order valence-electron chi connectivity index (χ1n) is 7.28. The fraction of sp³-hybridized carbons (Fsp3) is 0.222. The highest BCUT2D eigenvalue weighted by Crippen LogP contribution is 2.14. The number of carbonyl (C=O) groups excluding carboxylic acids is 1. The predicted molar refractivity (Wildman–Crippen MR) is 87.5 cm³/mol. The summed E-state index contributed by atoms with van der Waals surface area (Å²) in [5.41, 5.74) is 1.87. The first kappa shape index (κ1) is 15.8. The van der Waals surface area contributed by atoms with E-state index in [1.54, 1.807) is 6.92 Å². The molecule has 22 heavy (non-hydrogen) atoms. The lowest BCUT2D eigenvalue weighted by Crippen LogP contribution is -2.30. The molecule has 0 aliphatic carbocycles. The molecule has 0 radical (unpaired) electrons. The highest BCUT2D eigenvalue weighted by atomic mass is 16.5. The third kappa shape index (κ3) is 4.19. The summed E-state index contributed by atoms with van der Waals surface area (Å²) in [6.07, 6.45) is 1.07. The lowest BCUT2D eigenvalue weighted by atomic mass is 10.1. The van der Waals surface area contributed by atoms with E-state index in [1.807, 2.05) is 67.6 Å². The van der Waals surface area contributed by atoms with Crippen molar-refractivity contribution in [2.45, 2.75) is 25.9 Å². The van der Waals surface area contributed by atoms with Gasteiger partial charge in [0.15, 0.2) is 6.04 Å². The van der Waals surface area contributed by atoms with Gasteiger partial charge in [-0.3, -0.25) is 4.79 Å². The zero-order valence-corrected chi connectivity index (χ0v) is 12.8. The Morgan fingerprint density at radius 2 is 1.50 bits per heavy atom. The molecular formula is C18H20N2O2. The zero-order chi connectivity index (χ0) is 15.9. The second kappa shape index (κ2) is 7.41. The monoisotopic (exact) mass is 296 g/mol. The number of carbonyl (C=O) groups is 1. The quantitative estimate of drug-likeness (QED) is 0.399. The van der Waals surface area contributed by atoms with Crippen molar-refractivity contribution < 1.29 is 9.53 Å². The molecule has 0 bridgehead atoms. The molecule has 4 nitrogen and oxygen atoms in total. The van der Waals surface area contributed by atoms with E-state index < -0.39 is 11.9 Å². The van der Waals surface area contributed by atoms with Gasteiger partial charge in [0.2, 0.25) is 6.21 Å². The van der Waals surface area contributed by atoms with Crippen LogP contribution in [0.1, 0.15) is 37.1 Å². The number of rotatable bonds is 5. The molecule has 0 saturated heterocycles. The summed E-state index contributed by atoms with van der Waals surface area (Å²) in [6.45, 7) is 3.66. The van der Waals surface area contributed by atoms with Gasteiger partial charge in [0.1, 0.15) is 0 Å². The van der Waals surface area contributed by atoms with E-state index in [1.165, 1.54) is 0 Å². The third-order valence-corrected chi connectivity index (χ3v) is 3.57. The van der Waals surface area contributed by atoms with E-state index in [4.69, 9.17) is 0 Å². The third-order valence-electron chi connectivity index (χ3n) is 3.57. The van der Waals surface area contributed by atoms with E-state index in [0.29, 0.717) is 4.74 Å². The number of hydroxylamine groups is 1. The maximum atomic E-state index is 12.1. The number of nitrogens with one attached hydrogen (secondary N) is 1. The summed E-state index contributed by atoms with van der Waals surface area (Å²) in [7, 11) is 0. The molecule has 2 aromatic carbocycles. The Bertz CT molecular complexity index is 639. The highest BCUT2D eigenvalue weighted by Gasteiger charge is 2.15. The van der Waals surface area contributed by atoms with Crippen LogP contribution in [0.25, 0.3) is 0 Å². The van der Waals surface area contributed by atoms with E-state index in [2.05, 4.69) is 5.32 Å². The summed E-state index contributed by atoms with van der Waals surface area (Å²) < 4.78 is 0.683. The number of hydrogen-bond acceptors (Lipinski definition) is 2. The Hall–Kier alpha value is -2.62. The number of benzene rings is 2. The van der Waals surface area contributed by atoms with Crippen LogP contribution in [0.2, 0.25) is 0 Å². The minimum absolute atomic E-state index is 0.148. The van der Waals surface area contributed by atoms with Crippen LogP contribution in [0.15, 0.2) is 60.7 Å². The predicted octanol–water partition coefficient (Wildman–Crippen LogP) is 3.21. The van der Waals surface area contributed by atoms with Gasteiger partial charge < -0.3 is 10.5 Å². The molecular weight excluding hydrogens is 276 g/mol. The number of hydrogen-bond donors (Lipinski definition) is 1. The topological polar surface area (TPSA) is 55.2 Å². The fourth-order valence-corrected chi connectivity index (χ4v) is 2.18. The van der Waals surface area contributed by atoms with Crippen LogP contribution >= 0.6 is 0 Å². The molecule has 0 aliphatic heterocycles. The van der Waals surface area contributed by atoms with Gasteiger partial charge in [0.25, 0.3) is 0 Å². The molecule has 0 aliphatic rings. The fourth-order valence-electron chi connectivity index (χ4n) is 2.18. The van der Waals surface area contributed by atoms with Crippen molar-refractivity contribution >= 4 is 12.1 Å². The van der Waals surface area contributed by atoms with Gasteiger partial charge >= 0.3 is 5.91 Å². The maximum Gasteiger partial charge on any atom is 0.309 e. The second-order valence-electron chi connectivity index (χ2n) is 5.22. The van der Waals surface area contributed by atoms with Gasteiger partial charge in [-0.1, -0.05) is 60.7 Å². The molecule has 0 saturated carbocycles. The Morgan fingerprint density at radius 3 is 2.05 bits per heavy atom. The van der Waals surface area contributed by atoms with Gasteiger partial charge in [0, 0.05) is 12.5 Å². The molecule has 2 atom stereocenters. The van der Waals surface area contributed by atoms with Crippen molar-refractivity contribution in [3.8, 4) is 0 Å². The maximum absolute atomic E-state index is 12.1. The van der Waals surface area contributed by atoms with E-state index >= 15 is 0 Å². The number of amides is 1. The minimum Gasteiger partial charge on any atom is -0.623 e. The van der Waals surface area contributed by atoms with Gasteiger partial charge in [-0.15, -0.1) is 0 Å². The molecule has 1 N–H and O–H groups in total. The van der Waals surface area contributed by atoms with Crippen LogP contribution in [0.4, 0.5) is 0 Å². The van der Waals surface area contributed by atoms with Crippen LogP contribution in [-0.2, 0) is 4.79 Å².